The standard InChI is InChI=1S/C17H20N2O3S/c1-13(23-12-14-6-3-2-4-7-14)16(20)18-9-10-19-17(21)15-8-5-11-22-15/h2-8,11,13H,9-10,12H2,1H3,(H,18,20)(H,19,21)/t13-/m0/s1. The summed E-state index contributed by atoms with van der Waals surface area (Å²) in [4.78, 5) is 23.6. The van der Waals surface area contributed by atoms with Crippen molar-refractivity contribution in [1.82, 2.24) is 10.6 Å². The van der Waals surface area contributed by atoms with E-state index >= 15 is 0 Å². The minimum Gasteiger partial charge on any atom is -0.459 e. The van der Waals surface area contributed by atoms with Gasteiger partial charge in [0.25, 0.3) is 5.91 Å². The highest BCUT2D eigenvalue weighted by Crippen LogP contribution is 2.17. The minimum absolute atomic E-state index is 0.0295. The lowest BCUT2D eigenvalue weighted by Crippen LogP contribution is -2.37. The Bertz CT molecular complexity index is 614. The molecule has 0 aliphatic carbocycles. The number of benzene rings is 1. The summed E-state index contributed by atoms with van der Waals surface area (Å²) in [6.07, 6.45) is 1.45. The van der Waals surface area contributed by atoms with Gasteiger partial charge >= 0.3 is 0 Å². The second kappa shape index (κ2) is 9.05. The third kappa shape index (κ3) is 5.83. The van der Waals surface area contributed by atoms with E-state index in [2.05, 4.69) is 10.6 Å². The third-order valence-corrected chi connectivity index (χ3v) is 4.38. The monoisotopic (exact) mass is 332 g/mol. The maximum atomic E-state index is 12.0. The highest BCUT2D eigenvalue weighted by molar-refractivity contribution is 7.99. The molecule has 0 aliphatic heterocycles. The van der Waals surface area contributed by atoms with Crippen LogP contribution in [-0.2, 0) is 10.5 Å². The Morgan fingerprint density at radius 2 is 1.83 bits per heavy atom. The van der Waals surface area contributed by atoms with Crippen LogP contribution in [0.3, 0.4) is 0 Å². The fourth-order valence-corrected chi connectivity index (χ4v) is 2.74. The lowest BCUT2D eigenvalue weighted by Gasteiger charge is -2.12. The van der Waals surface area contributed by atoms with Gasteiger partial charge in [-0.25, -0.2) is 0 Å². The van der Waals surface area contributed by atoms with Gasteiger partial charge in [0, 0.05) is 18.8 Å². The summed E-state index contributed by atoms with van der Waals surface area (Å²) in [6.45, 7) is 2.63. The van der Waals surface area contributed by atoms with Gasteiger partial charge in [-0.1, -0.05) is 30.3 Å². The van der Waals surface area contributed by atoms with E-state index in [9.17, 15) is 9.59 Å². The normalized spacial score (nSPS) is 11.7. The molecule has 0 radical (unpaired) electrons. The van der Waals surface area contributed by atoms with Crippen LogP contribution in [-0.4, -0.2) is 30.2 Å². The molecule has 2 rings (SSSR count). The van der Waals surface area contributed by atoms with E-state index < -0.39 is 0 Å². The second-order valence-electron chi connectivity index (χ2n) is 4.96. The SMILES string of the molecule is C[C@H](SCc1ccccc1)C(=O)NCCNC(=O)c1ccco1. The fraction of sp³-hybridized carbons (Fsp3) is 0.294. The molecule has 23 heavy (non-hydrogen) atoms. The Labute approximate surface area is 139 Å². The first-order chi connectivity index (χ1) is 11.2. The summed E-state index contributed by atoms with van der Waals surface area (Å²) < 4.78 is 4.98. The number of rotatable bonds is 8. The third-order valence-electron chi connectivity index (χ3n) is 3.17. The molecule has 1 aromatic heterocycles. The first-order valence-electron chi connectivity index (χ1n) is 7.42. The number of thioether (sulfide) groups is 1. The van der Waals surface area contributed by atoms with Gasteiger partial charge in [-0.3, -0.25) is 9.59 Å². The minimum atomic E-state index is -0.282. The summed E-state index contributed by atoms with van der Waals surface area (Å²) in [7, 11) is 0. The van der Waals surface area contributed by atoms with Gasteiger partial charge in [0.2, 0.25) is 5.91 Å². The molecule has 2 aromatic rings. The molecule has 5 nitrogen and oxygen atoms in total. The number of carbonyl (C=O) groups is 2. The molecule has 0 spiro atoms. The number of amides is 2. The predicted molar refractivity (Wildman–Crippen MR) is 91.2 cm³/mol. The Kier molecular flexibility index (Phi) is 6.75. The molecule has 0 fully saturated rings. The van der Waals surface area contributed by atoms with Crippen LogP contribution in [0.25, 0.3) is 0 Å². The van der Waals surface area contributed by atoms with Gasteiger partial charge in [0.15, 0.2) is 5.76 Å². The molecule has 0 unspecified atom stereocenters. The van der Waals surface area contributed by atoms with Crippen molar-refractivity contribution in [3.63, 3.8) is 0 Å². The van der Waals surface area contributed by atoms with Crippen molar-refractivity contribution in [2.45, 2.75) is 17.9 Å². The largest absolute Gasteiger partial charge is 0.459 e. The van der Waals surface area contributed by atoms with Gasteiger partial charge in [0.05, 0.1) is 11.5 Å². The predicted octanol–water partition coefficient (Wildman–Crippen LogP) is 2.45. The first kappa shape index (κ1) is 17.1. The maximum absolute atomic E-state index is 12.0. The summed E-state index contributed by atoms with van der Waals surface area (Å²) in [5.74, 6) is 0.752. The number of carbonyl (C=O) groups excluding carboxylic acids is 2. The zero-order valence-electron chi connectivity index (χ0n) is 13.0. The smallest absolute Gasteiger partial charge is 0.287 e. The average Bonchev–Trinajstić information content (AvgIpc) is 3.11. The van der Waals surface area contributed by atoms with Crippen LogP contribution in [0, 0.1) is 0 Å². The number of nitrogens with one attached hydrogen (secondary N) is 2. The van der Waals surface area contributed by atoms with Crippen molar-refractivity contribution < 1.29 is 14.0 Å². The van der Waals surface area contributed by atoms with Crippen molar-refractivity contribution in [3.8, 4) is 0 Å². The van der Waals surface area contributed by atoms with Crippen LogP contribution in [0.15, 0.2) is 53.1 Å². The second-order valence-corrected chi connectivity index (χ2v) is 6.29. The molecule has 1 atom stereocenters. The van der Waals surface area contributed by atoms with E-state index in [4.69, 9.17) is 4.42 Å². The molecule has 122 valence electrons. The molecule has 0 aliphatic rings. The summed E-state index contributed by atoms with van der Waals surface area (Å²) in [5, 5.41) is 5.35. The Balaban J connectivity index is 1.61. The molecular weight excluding hydrogens is 312 g/mol. The highest BCUT2D eigenvalue weighted by Gasteiger charge is 2.13. The van der Waals surface area contributed by atoms with Crippen LogP contribution in [0.4, 0.5) is 0 Å². The Hall–Kier alpha value is -2.21. The van der Waals surface area contributed by atoms with E-state index in [0.717, 1.165) is 5.75 Å². The summed E-state index contributed by atoms with van der Waals surface area (Å²) >= 11 is 1.59. The van der Waals surface area contributed by atoms with Crippen molar-refractivity contribution in [2.75, 3.05) is 13.1 Å². The van der Waals surface area contributed by atoms with Crippen LogP contribution in [0.2, 0.25) is 0 Å². The quantitative estimate of drug-likeness (QED) is 0.729. The van der Waals surface area contributed by atoms with E-state index in [1.807, 2.05) is 37.3 Å². The van der Waals surface area contributed by atoms with E-state index in [-0.39, 0.29) is 22.8 Å². The number of hydrogen-bond donors (Lipinski definition) is 2. The van der Waals surface area contributed by atoms with E-state index in [1.165, 1.54) is 11.8 Å². The lowest BCUT2D eigenvalue weighted by molar-refractivity contribution is -0.120. The zero-order valence-corrected chi connectivity index (χ0v) is 13.8. The van der Waals surface area contributed by atoms with Gasteiger partial charge in [-0.2, -0.15) is 0 Å². The average molecular weight is 332 g/mol. The molecule has 6 heteroatoms. The van der Waals surface area contributed by atoms with Crippen molar-refractivity contribution in [2.24, 2.45) is 0 Å². The molecule has 0 bridgehead atoms. The number of hydrogen-bond acceptors (Lipinski definition) is 4. The molecule has 1 heterocycles. The van der Waals surface area contributed by atoms with Crippen LogP contribution >= 0.6 is 11.8 Å². The van der Waals surface area contributed by atoms with Crippen LogP contribution in [0.5, 0.6) is 0 Å². The zero-order chi connectivity index (χ0) is 16.5. The van der Waals surface area contributed by atoms with E-state index in [1.54, 1.807) is 23.9 Å². The fourth-order valence-electron chi connectivity index (χ4n) is 1.87. The lowest BCUT2D eigenvalue weighted by atomic mass is 10.2. The van der Waals surface area contributed by atoms with Crippen molar-refractivity contribution in [1.29, 1.82) is 0 Å². The summed E-state index contributed by atoms with van der Waals surface area (Å²) in [5.41, 5.74) is 1.20. The first-order valence-corrected chi connectivity index (χ1v) is 8.46. The van der Waals surface area contributed by atoms with Crippen molar-refractivity contribution in [3.05, 3.63) is 60.1 Å². The molecule has 0 saturated carbocycles. The van der Waals surface area contributed by atoms with Crippen LogP contribution in [0.1, 0.15) is 23.0 Å². The summed E-state index contributed by atoms with van der Waals surface area (Å²) in [6, 6.07) is 13.3. The van der Waals surface area contributed by atoms with Crippen molar-refractivity contribution >= 4 is 23.6 Å². The number of furan rings is 1. The van der Waals surface area contributed by atoms with Crippen LogP contribution < -0.4 is 10.6 Å². The van der Waals surface area contributed by atoms with Gasteiger partial charge in [0.1, 0.15) is 0 Å². The van der Waals surface area contributed by atoms with Gasteiger partial charge in [-0.15, -0.1) is 11.8 Å². The Morgan fingerprint density at radius 3 is 2.52 bits per heavy atom. The Morgan fingerprint density at radius 1 is 1.09 bits per heavy atom. The van der Waals surface area contributed by atoms with E-state index in [0.29, 0.717) is 13.1 Å². The molecule has 2 N–H and O–H groups in total. The molecule has 2 amide bonds. The molecular formula is C17H20N2O3S. The molecule has 0 saturated heterocycles. The van der Waals surface area contributed by atoms with Gasteiger partial charge < -0.3 is 15.1 Å². The highest BCUT2D eigenvalue weighted by atomic mass is 32.2. The molecule has 1 aromatic carbocycles. The van der Waals surface area contributed by atoms with Gasteiger partial charge in [-0.05, 0) is 24.6 Å². The topological polar surface area (TPSA) is 71.3 Å². The maximum Gasteiger partial charge on any atom is 0.287 e.